The van der Waals surface area contributed by atoms with Gasteiger partial charge in [0.1, 0.15) is 30.7 Å². The number of carbonyl (C=O) groups is 1. The molecule has 218 valence electrons. The summed E-state index contributed by atoms with van der Waals surface area (Å²) in [6.45, 7) is 14.7. The molecule has 4 atom stereocenters. The van der Waals surface area contributed by atoms with Crippen molar-refractivity contribution in [3.63, 3.8) is 0 Å². The van der Waals surface area contributed by atoms with Crippen LogP contribution in [-0.2, 0) is 38.2 Å². The Morgan fingerprint density at radius 3 is 2.28 bits per heavy atom. The monoisotopic (exact) mass is 583 g/mol. The van der Waals surface area contributed by atoms with Crippen molar-refractivity contribution in [2.75, 3.05) is 34.0 Å². The van der Waals surface area contributed by atoms with Gasteiger partial charge in [0.05, 0.1) is 18.6 Å². The van der Waals surface area contributed by atoms with Gasteiger partial charge in [-0.15, -0.1) is 0 Å². The number of fused-ring (bicyclic) bond motifs is 1. The molecular formula is C27H41NO9SSi. The van der Waals surface area contributed by atoms with Crippen LogP contribution in [0.15, 0.2) is 29.2 Å². The van der Waals surface area contributed by atoms with Crippen molar-refractivity contribution in [2.45, 2.75) is 87.8 Å². The molecule has 0 aromatic heterocycles. The number of carbonyl (C=O) groups excluding carboxylic acids is 1. The quantitative estimate of drug-likeness (QED) is 0.259. The number of benzene rings is 1. The average molecular weight is 584 g/mol. The van der Waals surface area contributed by atoms with Crippen LogP contribution in [-0.4, -0.2) is 91.1 Å². The molecule has 0 unspecified atom stereocenters. The minimum atomic E-state index is -4.14. The maximum atomic E-state index is 13.7. The standard InChI is InChI=1S/C27H41NO9SSi/c1-26(2,3)39(8,9)35-17-11-10-16-34-19-12-14-20(15-13-19)38(30,31)28-18-21-23(37-27(4,5)36-21)24(32-6)22(28)25(29)33-7/h12-15,21-24H,16-18H2,1-9H3/t21-,22+,23-,24-/m0/s1. The molecule has 3 rings (SSSR count). The van der Waals surface area contributed by atoms with Gasteiger partial charge < -0.3 is 28.1 Å². The molecule has 0 radical (unpaired) electrons. The molecule has 2 fully saturated rings. The molecule has 0 spiro atoms. The van der Waals surface area contributed by atoms with Gasteiger partial charge in [0, 0.05) is 13.7 Å². The fraction of sp³-hybridized carbons (Fsp3) is 0.667. The Kier molecular flexibility index (Phi) is 9.59. The van der Waals surface area contributed by atoms with Crippen molar-refractivity contribution in [1.29, 1.82) is 0 Å². The lowest BCUT2D eigenvalue weighted by molar-refractivity contribution is -0.168. The zero-order valence-electron chi connectivity index (χ0n) is 24.3. The molecule has 0 aliphatic carbocycles. The summed E-state index contributed by atoms with van der Waals surface area (Å²) < 4.78 is 62.6. The van der Waals surface area contributed by atoms with Crippen LogP contribution in [0.4, 0.5) is 0 Å². The van der Waals surface area contributed by atoms with Crippen LogP contribution in [0.5, 0.6) is 5.75 Å². The summed E-state index contributed by atoms with van der Waals surface area (Å²) in [7, 11) is -3.39. The van der Waals surface area contributed by atoms with E-state index in [-0.39, 0.29) is 23.1 Å². The number of hydrogen-bond acceptors (Lipinski definition) is 9. The number of sulfonamides is 1. The first-order chi connectivity index (χ1) is 18.0. The van der Waals surface area contributed by atoms with Crippen molar-refractivity contribution < 1.29 is 41.3 Å². The lowest BCUT2D eigenvalue weighted by Gasteiger charge is -2.42. The van der Waals surface area contributed by atoms with E-state index in [2.05, 4.69) is 45.7 Å². The Bertz CT molecular complexity index is 1180. The lowest BCUT2D eigenvalue weighted by Crippen LogP contribution is -2.65. The molecule has 0 N–H and O–H groups in total. The number of ether oxygens (including phenoxy) is 5. The summed E-state index contributed by atoms with van der Waals surface area (Å²) in [6, 6.07) is 4.70. The lowest BCUT2D eigenvalue weighted by atomic mass is 9.96. The van der Waals surface area contributed by atoms with Crippen LogP contribution >= 0.6 is 0 Å². The minimum absolute atomic E-state index is 0.0101. The molecule has 2 aliphatic heterocycles. The van der Waals surface area contributed by atoms with Gasteiger partial charge in [-0.1, -0.05) is 32.6 Å². The Balaban J connectivity index is 1.71. The van der Waals surface area contributed by atoms with Gasteiger partial charge >= 0.3 is 5.97 Å². The van der Waals surface area contributed by atoms with Crippen molar-refractivity contribution in [3.05, 3.63) is 24.3 Å². The van der Waals surface area contributed by atoms with Crippen molar-refractivity contribution in [1.82, 2.24) is 4.31 Å². The number of methoxy groups -OCH3 is 2. The summed E-state index contributed by atoms with van der Waals surface area (Å²) >= 11 is 0. The molecule has 39 heavy (non-hydrogen) atoms. The smallest absolute Gasteiger partial charge is 0.327 e. The second kappa shape index (κ2) is 11.9. The van der Waals surface area contributed by atoms with Gasteiger partial charge in [0.2, 0.25) is 10.0 Å². The third-order valence-corrected chi connectivity index (χ3v) is 13.8. The van der Waals surface area contributed by atoms with Gasteiger partial charge in [-0.2, -0.15) is 4.31 Å². The van der Waals surface area contributed by atoms with E-state index in [1.165, 1.54) is 26.4 Å². The second-order valence-corrected chi connectivity index (χ2v) is 18.2. The molecule has 12 heteroatoms. The number of esters is 1. The van der Waals surface area contributed by atoms with Gasteiger partial charge in [0.25, 0.3) is 0 Å². The van der Waals surface area contributed by atoms with Crippen LogP contribution in [0.3, 0.4) is 0 Å². The minimum Gasteiger partial charge on any atom is -0.481 e. The SMILES string of the molecule is COC(=O)[C@H]1[C@H](OC)[C@H]2OC(C)(C)O[C@H]2CN1S(=O)(=O)c1ccc(OCC#CCO[Si](C)(C)C(C)(C)C)cc1. The molecule has 1 aromatic rings. The highest BCUT2D eigenvalue weighted by molar-refractivity contribution is 7.89. The average Bonchev–Trinajstić information content (AvgIpc) is 3.17. The van der Waals surface area contributed by atoms with E-state index < -0.39 is 54.5 Å². The summed E-state index contributed by atoms with van der Waals surface area (Å²) in [5, 5.41) is 0.110. The largest absolute Gasteiger partial charge is 0.481 e. The summed E-state index contributed by atoms with van der Waals surface area (Å²) in [6.07, 6.45) is -2.18. The van der Waals surface area contributed by atoms with Crippen LogP contribution in [0.1, 0.15) is 34.6 Å². The van der Waals surface area contributed by atoms with E-state index in [9.17, 15) is 13.2 Å². The van der Waals surface area contributed by atoms with E-state index >= 15 is 0 Å². The first kappa shape index (κ1) is 31.5. The zero-order valence-corrected chi connectivity index (χ0v) is 26.1. The molecule has 0 saturated carbocycles. The van der Waals surface area contributed by atoms with E-state index in [0.717, 1.165) is 4.31 Å². The van der Waals surface area contributed by atoms with Crippen molar-refractivity contribution in [3.8, 4) is 17.6 Å². The van der Waals surface area contributed by atoms with Gasteiger partial charge in [-0.05, 0) is 56.2 Å². The zero-order chi connectivity index (χ0) is 29.2. The van der Waals surface area contributed by atoms with E-state index in [0.29, 0.717) is 12.4 Å². The third-order valence-electron chi connectivity index (χ3n) is 7.42. The fourth-order valence-electron chi connectivity index (χ4n) is 4.30. The number of nitrogens with zero attached hydrogens (tertiary/aromatic N) is 1. The van der Waals surface area contributed by atoms with Gasteiger partial charge in [-0.25, -0.2) is 8.42 Å². The molecule has 0 bridgehead atoms. The van der Waals surface area contributed by atoms with E-state index in [1.807, 2.05) is 0 Å². The van der Waals surface area contributed by atoms with Gasteiger partial charge in [0.15, 0.2) is 20.1 Å². The Hall–Kier alpha value is -1.98. The molecule has 0 amide bonds. The van der Waals surface area contributed by atoms with Crippen LogP contribution in [0, 0.1) is 11.8 Å². The molecule has 2 saturated heterocycles. The summed E-state index contributed by atoms with van der Waals surface area (Å²) in [5.74, 6) is 4.66. The van der Waals surface area contributed by atoms with Crippen LogP contribution in [0.2, 0.25) is 18.1 Å². The van der Waals surface area contributed by atoms with Crippen molar-refractivity contribution in [2.24, 2.45) is 0 Å². The maximum Gasteiger partial charge on any atom is 0.327 e. The second-order valence-electron chi connectivity index (χ2n) is 11.5. The van der Waals surface area contributed by atoms with E-state index in [4.69, 9.17) is 28.1 Å². The van der Waals surface area contributed by atoms with E-state index in [1.54, 1.807) is 26.0 Å². The van der Waals surface area contributed by atoms with Crippen molar-refractivity contribution >= 4 is 24.3 Å². The molecular weight excluding hydrogens is 542 g/mol. The summed E-state index contributed by atoms with van der Waals surface area (Å²) in [4.78, 5) is 12.8. The Labute approximate surface area is 233 Å². The maximum absolute atomic E-state index is 13.7. The van der Waals surface area contributed by atoms with Crippen LogP contribution in [0.25, 0.3) is 0 Å². The first-order valence-electron chi connectivity index (χ1n) is 12.8. The molecule has 10 nitrogen and oxygen atoms in total. The Morgan fingerprint density at radius 1 is 1.10 bits per heavy atom. The predicted octanol–water partition coefficient (Wildman–Crippen LogP) is 3.17. The predicted molar refractivity (Wildman–Crippen MR) is 147 cm³/mol. The molecule has 2 aliphatic rings. The third kappa shape index (κ3) is 7.03. The normalized spacial score (nSPS) is 25.4. The number of rotatable bonds is 8. The Morgan fingerprint density at radius 2 is 1.72 bits per heavy atom. The topological polar surface area (TPSA) is 110 Å². The van der Waals surface area contributed by atoms with Crippen LogP contribution < -0.4 is 4.74 Å². The fourth-order valence-corrected chi connectivity index (χ4v) is 6.76. The summed E-state index contributed by atoms with van der Waals surface area (Å²) in [5.41, 5.74) is 0. The molecule has 2 heterocycles. The molecule has 1 aromatic carbocycles. The van der Waals surface area contributed by atoms with Gasteiger partial charge in [-0.3, -0.25) is 4.79 Å². The highest BCUT2D eigenvalue weighted by atomic mass is 32.2. The number of hydrogen-bond donors (Lipinski definition) is 0. The first-order valence-corrected chi connectivity index (χ1v) is 17.2. The number of piperidine rings is 1. The highest BCUT2D eigenvalue weighted by Gasteiger charge is 2.58. The highest BCUT2D eigenvalue weighted by Crippen LogP contribution is 2.39.